The predicted octanol–water partition coefficient (Wildman–Crippen LogP) is 0.418. The summed E-state index contributed by atoms with van der Waals surface area (Å²) < 4.78 is 4.46. The molecule has 1 rings (SSSR count). The number of rotatable bonds is 0. The predicted molar refractivity (Wildman–Crippen MR) is 18.9 cm³/mol. The molecule has 0 fully saturated rings. The van der Waals surface area contributed by atoms with E-state index in [0.717, 1.165) is 0 Å². The molecule has 1 radical (unpaired) electrons. The monoisotopic (exact) mass is 65.0 g/mol. The Balaban J connectivity index is 3.13. The summed E-state index contributed by atoms with van der Waals surface area (Å²) in [5.74, 6) is 1.71. The van der Waals surface area contributed by atoms with Gasteiger partial charge in [-0.1, -0.05) is 0 Å². The Kier molecular flexibility index (Phi) is 0.574. The molecule has 0 saturated heterocycles. The van der Waals surface area contributed by atoms with Gasteiger partial charge >= 0.3 is 29.7 Å². The van der Waals surface area contributed by atoms with Crippen LogP contribution in [0.2, 0.25) is 0 Å². The van der Waals surface area contributed by atoms with Crippen LogP contribution >= 0.6 is 0 Å². The van der Waals surface area contributed by atoms with E-state index in [4.69, 9.17) is 0 Å². The SMILES string of the molecule is b1c[c]oc1. The van der Waals surface area contributed by atoms with Crippen LogP contribution in [-0.4, -0.2) is 6.91 Å². The van der Waals surface area contributed by atoms with E-state index in [2.05, 4.69) is 10.7 Å². The Morgan fingerprint density at radius 1 is 1.80 bits per heavy atom. The molecule has 1 aromatic heterocycles. The van der Waals surface area contributed by atoms with Crippen LogP contribution < -0.4 is 0 Å². The van der Waals surface area contributed by atoms with E-state index >= 15 is 0 Å². The van der Waals surface area contributed by atoms with Gasteiger partial charge in [0.1, 0.15) is 0 Å². The first-order valence-corrected chi connectivity index (χ1v) is 1.40. The summed E-state index contributed by atoms with van der Waals surface area (Å²) in [6.07, 6.45) is 4.06. The molecule has 1 heterocycles. The van der Waals surface area contributed by atoms with E-state index in [1.54, 1.807) is 19.0 Å². The molecular weight excluding hydrogens is 62.8 g/mol. The fourth-order valence-electron chi connectivity index (χ4n) is 0.196. The summed E-state index contributed by atoms with van der Waals surface area (Å²) in [6.45, 7) is 1.78. The molecule has 0 saturated carbocycles. The average Bonchev–Trinajstić information content (AvgIpc) is 1.76. The van der Waals surface area contributed by atoms with Gasteiger partial charge in [-0.25, -0.2) is 0 Å². The van der Waals surface area contributed by atoms with Gasteiger partial charge in [0, 0.05) is 0 Å². The first kappa shape index (κ1) is 2.70. The second-order valence-electron chi connectivity index (χ2n) is 0.731. The van der Waals surface area contributed by atoms with Crippen molar-refractivity contribution in [1.29, 1.82) is 0 Å². The summed E-state index contributed by atoms with van der Waals surface area (Å²) in [7, 11) is 0. The van der Waals surface area contributed by atoms with E-state index in [9.17, 15) is 0 Å². The van der Waals surface area contributed by atoms with Gasteiger partial charge in [0.2, 0.25) is 0 Å². The van der Waals surface area contributed by atoms with Crippen LogP contribution in [-0.2, 0) is 0 Å². The van der Waals surface area contributed by atoms with Gasteiger partial charge in [-0.3, -0.25) is 0 Å². The van der Waals surface area contributed by atoms with Crippen LogP contribution in [0.1, 0.15) is 0 Å². The van der Waals surface area contributed by atoms with E-state index in [-0.39, 0.29) is 0 Å². The fourth-order valence-corrected chi connectivity index (χ4v) is 0.196. The van der Waals surface area contributed by atoms with Crippen LogP contribution in [0, 0.1) is 6.26 Å². The standard InChI is InChI=1S/C3H2BO/c1-2-5-3-4-1/h1,3H. The van der Waals surface area contributed by atoms with Crippen LogP contribution in [0.3, 0.4) is 0 Å². The Bertz CT molecular complexity index is 63.4. The van der Waals surface area contributed by atoms with Crippen LogP contribution in [0.4, 0.5) is 0 Å². The van der Waals surface area contributed by atoms with Crippen molar-refractivity contribution in [2.24, 2.45) is 0 Å². The van der Waals surface area contributed by atoms with Crippen LogP contribution in [0.15, 0.2) is 16.5 Å². The van der Waals surface area contributed by atoms with Gasteiger partial charge in [0.25, 0.3) is 0 Å². The minimum atomic E-state index is 1.57. The van der Waals surface area contributed by atoms with Gasteiger partial charge in [0.05, 0.1) is 0 Å². The maximum atomic E-state index is 4.46. The Labute approximate surface area is 30.8 Å². The van der Waals surface area contributed by atoms with E-state index in [0.29, 0.717) is 0 Å². The molecule has 0 aliphatic carbocycles. The van der Waals surface area contributed by atoms with Crippen molar-refractivity contribution < 1.29 is 4.42 Å². The molecule has 0 bridgehead atoms. The third kappa shape index (κ3) is 0.378. The molecule has 0 aromatic carbocycles. The third-order valence-electron chi connectivity index (χ3n) is 0.379. The first-order chi connectivity index (χ1) is 2.50. The number of hydrogen-bond donors (Lipinski definition) is 0. The minimum absolute atomic E-state index is 1.57. The van der Waals surface area contributed by atoms with Crippen molar-refractivity contribution in [1.82, 2.24) is 0 Å². The molecule has 1 aromatic rings. The zero-order valence-corrected chi connectivity index (χ0v) is 2.64. The van der Waals surface area contributed by atoms with Gasteiger partial charge in [0.15, 0.2) is 0 Å². The quantitative estimate of drug-likeness (QED) is 0.426. The van der Waals surface area contributed by atoms with Crippen molar-refractivity contribution in [2.75, 3.05) is 0 Å². The van der Waals surface area contributed by atoms with E-state index in [1.165, 1.54) is 0 Å². The Morgan fingerprint density at radius 2 is 2.80 bits per heavy atom. The molecule has 23 valence electrons. The molecule has 0 amide bonds. The molecule has 0 aliphatic heterocycles. The summed E-state index contributed by atoms with van der Waals surface area (Å²) in [5.41, 5.74) is 0. The second kappa shape index (κ2) is 1.06. The normalized spacial score (nSPS) is 7.20. The summed E-state index contributed by atoms with van der Waals surface area (Å²) >= 11 is 0. The molecular formula is C3H2BO. The van der Waals surface area contributed by atoms with Crippen molar-refractivity contribution in [3.8, 4) is 0 Å². The van der Waals surface area contributed by atoms with Crippen molar-refractivity contribution in [3.63, 3.8) is 0 Å². The van der Waals surface area contributed by atoms with Crippen LogP contribution in [0.5, 0.6) is 0 Å². The molecule has 0 spiro atoms. The molecule has 0 N–H and O–H groups in total. The van der Waals surface area contributed by atoms with Gasteiger partial charge < -0.3 is 0 Å². The summed E-state index contributed by atoms with van der Waals surface area (Å²) in [5, 5.41) is 0. The molecule has 0 unspecified atom stereocenters. The molecule has 1 nitrogen and oxygen atoms in total. The van der Waals surface area contributed by atoms with E-state index in [1.807, 2.05) is 0 Å². The van der Waals surface area contributed by atoms with Crippen molar-refractivity contribution in [3.05, 3.63) is 18.4 Å². The average molecular weight is 64.9 g/mol. The fraction of sp³-hybridized carbons (Fsp3) is 0. The zero-order valence-electron chi connectivity index (χ0n) is 2.64. The summed E-state index contributed by atoms with van der Waals surface area (Å²) in [6, 6.07) is 0. The molecule has 0 aliphatic rings. The van der Waals surface area contributed by atoms with Gasteiger partial charge in [-0.05, 0) is 0 Å². The molecule has 0 atom stereocenters. The number of hydrogen-bond acceptors (Lipinski definition) is 1. The Hall–Kier alpha value is -0.525. The van der Waals surface area contributed by atoms with Crippen molar-refractivity contribution >= 4 is 6.91 Å². The summed E-state index contributed by atoms with van der Waals surface area (Å²) in [4.78, 5) is 0. The third-order valence-corrected chi connectivity index (χ3v) is 0.379. The van der Waals surface area contributed by atoms with Crippen LogP contribution in [0.25, 0.3) is 0 Å². The molecule has 2 heteroatoms. The topological polar surface area (TPSA) is 13.1 Å². The zero-order chi connectivity index (χ0) is 3.54. The second-order valence-corrected chi connectivity index (χ2v) is 0.731. The van der Waals surface area contributed by atoms with Gasteiger partial charge in [-0.2, -0.15) is 0 Å². The van der Waals surface area contributed by atoms with Crippen molar-refractivity contribution in [2.45, 2.75) is 0 Å². The maximum absolute atomic E-state index is 4.46. The Morgan fingerprint density at radius 3 is 3.00 bits per heavy atom. The van der Waals surface area contributed by atoms with Gasteiger partial charge in [-0.15, -0.1) is 0 Å². The van der Waals surface area contributed by atoms with E-state index < -0.39 is 0 Å². The first-order valence-electron chi connectivity index (χ1n) is 1.40. The molecule has 5 heavy (non-hydrogen) atoms.